The molecule has 0 bridgehead atoms. The molecule has 1 aromatic carbocycles. The van der Waals surface area contributed by atoms with Crippen LogP contribution in [-0.2, 0) is 0 Å². The van der Waals surface area contributed by atoms with Crippen LogP contribution in [0.1, 0.15) is 13.3 Å². The molecule has 3 N–H and O–H groups in total. The molecule has 0 aliphatic rings. The van der Waals surface area contributed by atoms with E-state index in [2.05, 4.69) is 15.9 Å². The summed E-state index contributed by atoms with van der Waals surface area (Å²) in [5.41, 5.74) is 5.31. The van der Waals surface area contributed by atoms with Crippen molar-refractivity contribution in [3.63, 3.8) is 0 Å². The molecular formula is C10H12BrFN2O. The molecule has 0 saturated carbocycles. The number of hydrogen-bond donors (Lipinski definition) is 2. The van der Waals surface area contributed by atoms with Gasteiger partial charge < -0.3 is 10.5 Å². The van der Waals surface area contributed by atoms with Gasteiger partial charge in [0.05, 0.1) is 0 Å². The van der Waals surface area contributed by atoms with Crippen LogP contribution in [0.5, 0.6) is 5.75 Å². The van der Waals surface area contributed by atoms with Gasteiger partial charge in [-0.25, -0.2) is 4.39 Å². The largest absolute Gasteiger partial charge is 0.479 e. The monoisotopic (exact) mass is 274 g/mol. The molecular weight excluding hydrogens is 263 g/mol. The third kappa shape index (κ3) is 3.20. The molecule has 15 heavy (non-hydrogen) atoms. The highest BCUT2D eigenvalue weighted by atomic mass is 79.9. The maximum absolute atomic E-state index is 13.3. The molecule has 0 heterocycles. The number of amidine groups is 1. The Balaban J connectivity index is 2.87. The zero-order valence-corrected chi connectivity index (χ0v) is 9.84. The lowest BCUT2D eigenvalue weighted by molar-refractivity contribution is 0.248. The molecule has 1 rings (SSSR count). The van der Waals surface area contributed by atoms with Gasteiger partial charge in [0.15, 0.2) is 17.7 Å². The predicted octanol–water partition coefficient (Wildman–Crippen LogP) is 2.68. The molecule has 1 atom stereocenters. The van der Waals surface area contributed by atoms with Crippen LogP contribution in [0.4, 0.5) is 4.39 Å². The van der Waals surface area contributed by atoms with Gasteiger partial charge in [0, 0.05) is 4.47 Å². The summed E-state index contributed by atoms with van der Waals surface area (Å²) < 4.78 is 19.3. The first-order chi connectivity index (χ1) is 7.04. The number of hydrogen-bond acceptors (Lipinski definition) is 2. The molecule has 1 unspecified atom stereocenters. The fraction of sp³-hybridized carbons (Fsp3) is 0.300. The van der Waals surface area contributed by atoms with Gasteiger partial charge in [-0.15, -0.1) is 0 Å². The van der Waals surface area contributed by atoms with Crippen molar-refractivity contribution in [3.8, 4) is 5.75 Å². The van der Waals surface area contributed by atoms with E-state index >= 15 is 0 Å². The third-order valence-electron chi connectivity index (χ3n) is 1.88. The Kier molecular flexibility index (Phi) is 4.08. The van der Waals surface area contributed by atoms with Gasteiger partial charge in [-0.3, -0.25) is 5.41 Å². The molecule has 0 aromatic heterocycles. The zero-order chi connectivity index (χ0) is 11.4. The van der Waals surface area contributed by atoms with Crippen LogP contribution in [0.3, 0.4) is 0 Å². The highest BCUT2D eigenvalue weighted by Crippen LogP contribution is 2.23. The zero-order valence-electron chi connectivity index (χ0n) is 8.26. The summed E-state index contributed by atoms with van der Waals surface area (Å²) in [4.78, 5) is 0. The molecule has 5 heteroatoms. The number of ether oxygens (including phenoxy) is 1. The van der Waals surface area contributed by atoms with Crippen molar-refractivity contribution in [3.05, 3.63) is 28.5 Å². The minimum absolute atomic E-state index is 0.100. The molecule has 0 amide bonds. The van der Waals surface area contributed by atoms with Gasteiger partial charge >= 0.3 is 0 Å². The van der Waals surface area contributed by atoms with Gasteiger partial charge in [0.1, 0.15) is 5.84 Å². The summed E-state index contributed by atoms with van der Waals surface area (Å²) in [6.45, 7) is 1.82. The lowest BCUT2D eigenvalue weighted by Gasteiger charge is -2.16. The highest BCUT2D eigenvalue weighted by Gasteiger charge is 2.14. The van der Waals surface area contributed by atoms with Gasteiger partial charge in [-0.05, 0) is 24.6 Å². The summed E-state index contributed by atoms with van der Waals surface area (Å²) >= 11 is 3.21. The predicted molar refractivity (Wildman–Crippen MR) is 60.7 cm³/mol. The topological polar surface area (TPSA) is 59.1 Å². The third-order valence-corrected chi connectivity index (χ3v) is 2.37. The normalized spacial score (nSPS) is 12.2. The van der Waals surface area contributed by atoms with Crippen molar-refractivity contribution in [2.24, 2.45) is 5.73 Å². The van der Waals surface area contributed by atoms with E-state index in [4.69, 9.17) is 15.9 Å². The van der Waals surface area contributed by atoms with Crippen LogP contribution in [0.2, 0.25) is 0 Å². The first-order valence-electron chi connectivity index (χ1n) is 4.50. The van der Waals surface area contributed by atoms with Crippen LogP contribution in [0.15, 0.2) is 22.7 Å². The van der Waals surface area contributed by atoms with E-state index in [-0.39, 0.29) is 11.6 Å². The molecule has 0 aliphatic heterocycles. The quantitative estimate of drug-likeness (QED) is 0.655. The molecule has 1 aromatic rings. The highest BCUT2D eigenvalue weighted by molar-refractivity contribution is 9.10. The maximum Gasteiger partial charge on any atom is 0.165 e. The molecule has 0 aliphatic carbocycles. The standard InChI is InChI=1S/C10H12BrFN2O/c1-2-8(10(13)14)15-9-5-6(11)3-4-7(9)12/h3-5,8H,2H2,1H3,(H3,13,14). The van der Waals surface area contributed by atoms with E-state index in [1.54, 1.807) is 6.07 Å². The summed E-state index contributed by atoms with van der Waals surface area (Å²) in [7, 11) is 0. The lowest BCUT2D eigenvalue weighted by atomic mass is 10.2. The van der Waals surface area contributed by atoms with E-state index in [0.29, 0.717) is 6.42 Å². The van der Waals surface area contributed by atoms with E-state index < -0.39 is 11.9 Å². The van der Waals surface area contributed by atoms with Gasteiger partial charge in [-0.1, -0.05) is 22.9 Å². The Labute approximate surface area is 96.1 Å². The molecule has 0 fully saturated rings. The van der Waals surface area contributed by atoms with Crippen molar-refractivity contribution in [1.82, 2.24) is 0 Å². The summed E-state index contributed by atoms with van der Waals surface area (Å²) in [5, 5.41) is 7.24. The summed E-state index contributed by atoms with van der Waals surface area (Å²) in [6, 6.07) is 4.39. The minimum atomic E-state index is -0.575. The van der Waals surface area contributed by atoms with E-state index in [1.807, 2.05) is 6.92 Å². The number of nitrogens with two attached hydrogens (primary N) is 1. The van der Waals surface area contributed by atoms with Gasteiger partial charge in [0.25, 0.3) is 0 Å². The Morgan fingerprint density at radius 1 is 1.67 bits per heavy atom. The van der Waals surface area contributed by atoms with Crippen LogP contribution >= 0.6 is 15.9 Å². The second-order valence-corrected chi connectivity index (χ2v) is 3.96. The Morgan fingerprint density at radius 2 is 2.33 bits per heavy atom. The Bertz CT molecular complexity index is 370. The second kappa shape index (κ2) is 5.11. The number of nitrogens with one attached hydrogen (secondary N) is 1. The van der Waals surface area contributed by atoms with Crippen molar-refractivity contribution < 1.29 is 9.13 Å². The SMILES string of the molecule is CCC(Oc1cc(Br)ccc1F)C(=N)N. The van der Waals surface area contributed by atoms with E-state index in [0.717, 1.165) is 4.47 Å². The number of rotatable bonds is 4. The molecule has 3 nitrogen and oxygen atoms in total. The fourth-order valence-corrected chi connectivity index (χ4v) is 1.43. The van der Waals surface area contributed by atoms with E-state index in [1.165, 1.54) is 12.1 Å². The van der Waals surface area contributed by atoms with Crippen molar-refractivity contribution in [2.75, 3.05) is 0 Å². The minimum Gasteiger partial charge on any atom is -0.479 e. The molecule has 0 saturated heterocycles. The molecule has 82 valence electrons. The maximum atomic E-state index is 13.3. The Morgan fingerprint density at radius 3 is 2.87 bits per heavy atom. The van der Waals surface area contributed by atoms with Gasteiger partial charge in [-0.2, -0.15) is 0 Å². The lowest BCUT2D eigenvalue weighted by Crippen LogP contribution is -2.32. The second-order valence-electron chi connectivity index (χ2n) is 3.04. The van der Waals surface area contributed by atoms with Crippen LogP contribution in [0.25, 0.3) is 0 Å². The molecule has 0 spiro atoms. The average Bonchev–Trinajstić information content (AvgIpc) is 2.18. The molecule has 0 radical (unpaired) electrons. The van der Waals surface area contributed by atoms with Crippen molar-refractivity contribution in [2.45, 2.75) is 19.4 Å². The van der Waals surface area contributed by atoms with Crippen molar-refractivity contribution >= 4 is 21.8 Å². The summed E-state index contributed by atoms with van der Waals surface area (Å²) in [5.74, 6) is -0.457. The van der Waals surface area contributed by atoms with Crippen molar-refractivity contribution in [1.29, 1.82) is 5.41 Å². The first-order valence-corrected chi connectivity index (χ1v) is 5.29. The summed E-state index contributed by atoms with van der Waals surface area (Å²) in [6.07, 6.45) is -0.0461. The first kappa shape index (κ1) is 12.0. The number of halogens is 2. The van der Waals surface area contributed by atoms with E-state index in [9.17, 15) is 4.39 Å². The smallest absolute Gasteiger partial charge is 0.165 e. The van der Waals surface area contributed by atoms with Crippen LogP contribution in [-0.4, -0.2) is 11.9 Å². The van der Waals surface area contributed by atoms with Crippen LogP contribution in [0, 0.1) is 11.2 Å². The van der Waals surface area contributed by atoms with Gasteiger partial charge in [0.2, 0.25) is 0 Å². The fourth-order valence-electron chi connectivity index (χ4n) is 1.09. The number of benzene rings is 1. The average molecular weight is 275 g/mol. The van der Waals surface area contributed by atoms with Crippen LogP contribution < -0.4 is 10.5 Å². The Hall–Kier alpha value is -1.10.